The van der Waals surface area contributed by atoms with Gasteiger partial charge in [0.2, 0.25) is 0 Å². The fourth-order valence-corrected chi connectivity index (χ4v) is 3.01. The minimum Gasteiger partial charge on any atom is -0.396 e. The molecule has 1 aliphatic carbocycles. The number of anilines is 1. The van der Waals surface area contributed by atoms with Crippen molar-refractivity contribution in [2.45, 2.75) is 44.7 Å². The van der Waals surface area contributed by atoms with Crippen LogP contribution in [0.5, 0.6) is 0 Å². The van der Waals surface area contributed by atoms with Crippen molar-refractivity contribution < 1.29 is 5.11 Å². The van der Waals surface area contributed by atoms with Crippen molar-refractivity contribution in [3.63, 3.8) is 0 Å². The molecule has 0 aliphatic heterocycles. The zero-order valence-electron chi connectivity index (χ0n) is 12.2. The van der Waals surface area contributed by atoms with Crippen LogP contribution in [-0.2, 0) is 6.54 Å². The first kappa shape index (κ1) is 15.8. The second-order valence-electron chi connectivity index (χ2n) is 5.65. The van der Waals surface area contributed by atoms with Gasteiger partial charge in [-0.05, 0) is 65.7 Å². The van der Waals surface area contributed by atoms with Crippen molar-refractivity contribution in [3.05, 3.63) is 28.2 Å². The Morgan fingerprint density at radius 2 is 2.10 bits per heavy atom. The molecule has 1 fully saturated rings. The fraction of sp³-hybridized carbons (Fsp3) is 0.625. The lowest BCUT2D eigenvalue weighted by atomic mass is 10.2. The van der Waals surface area contributed by atoms with E-state index in [1.807, 2.05) is 0 Å². The summed E-state index contributed by atoms with van der Waals surface area (Å²) < 4.78 is 1.16. The van der Waals surface area contributed by atoms with Crippen LogP contribution in [0.4, 0.5) is 5.69 Å². The number of nitrogens with one attached hydrogen (secondary N) is 1. The maximum Gasteiger partial charge on any atom is 0.0508 e. The van der Waals surface area contributed by atoms with Gasteiger partial charge in [-0.25, -0.2) is 0 Å². The van der Waals surface area contributed by atoms with E-state index in [-0.39, 0.29) is 0 Å². The lowest BCUT2D eigenvalue weighted by Crippen LogP contribution is -2.19. The fourth-order valence-electron chi connectivity index (χ4n) is 2.28. The SMILES string of the molecule is CN(CCCCCO)c1ccc(CNC2CC2)cc1Br. The van der Waals surface area contributed by atoms with Gasteiger partial charge in [0, 0.05) is 37.3 Å². The summed E-state index contributed by atoms with van der Waals surface area (Å²) in [6, 6.07) is 7.37. The average molecular weight is 341 g/mol. The van der Waals surface area contributed by atoms with Crippen LogP contribution in [-0.4, -0.2) is 31.3 Å². The van der Waals surface area contributed by atoms with E-state index in [2.05, 4.69) is 51.4 Å². The van der Waals surface area contributed by atoms with Crippen molar-refractivity contribution in [2.75, 3.05) is 25.1 Å². The van der Waals surface area contributed by atoms with Gasteiger partial charge in [0.25, 0.3) is 0 Å². The van der Waals surface area contributed by atoms with Crippen molar-refractivity contribution in [2.24, 2.45) is 0 Å². The molecule has 0 atom stereocenters. The Labute approximate surface area is 130 Å². The highest BCUT2D eigenvalue weighted by Crippen LogP contribution is 2.27. The van der Waals surface area contributed by atoms with E-state index in [0.717, 1.165) is 42.9 Å². The minimum atomic E-state index is 0.302. The highest BCUT2D eigenvalue weighted by atomic mass is 79.9. The van der Waals surface area contributed by atoms with Gasteiger partial charge in [0.05, 0.1) is 5.69 Å². The quantitative estimate of drug-likeness (QED) is 0.677. The van der Waals surface area contributed by atoms with Crippen LogP contribution in [0.1, 0.15) is 37.7 Å². The molecule has 0 unspecified atom stereocenters. The van der Waals surface area contributed by atoms with Gasteiger partial charge >= 0.3 is 0 Å². The molecule has 0 heterocycles. The third-order valence-electron chi connectivity index (χ3n) is 3.75. The Bertz CT molecular complexity index is 421. The van der Waals surface area contributed by atoms with Gasteiger partial charge in [0.15, 0.2) is 0 Å². The molecule has 1 aromatic rings. The van der Waals surface area contributed by atoms with Crippen LogP contribution in [0, 0.1) is 0 Å². The first-order chi connectivity index (χ1) is 9.70. The van der Waals surface area contributed by atoms with Crippen LogP contribution >= 0.6 is 15.9 Å². The molecule has 1 saturated carbocycles. The second-order valence-corrected chi connectivity index (χ2v) is 6.50. The average Bonchev–Trinajstić information content (AvgIpc) is 3.25. The van der Waals surface area contributed by atoms with Gasteiger partial charge in [-0.1, -0.05) is 6.07 Å². The monoisotopic (exact) mass is 340 g/mol. The second kappa shape index (κ2) is 8.01. The summed E-state index contributed by atoms with van der Waals surface area (Å²) in [6.07, 6.45) is 5.77. The lowest BCUT2D eigenvalue weighted by Gasteiger charge is -2.21. The van der Waals surface area contributed by atoms with Crippen molar-refractivity contribution in [1.82, 2.24) is 5.32 Å². The number of hydrogen-bond donors (Lipinski definition) is 2. The van der Waals surface area contributed by atoms with Crippen LogP contribution in [0.2, 0.25) is 0 Å². The number of benzene rings is 1. The Kier molecular flexibility index (Phi) is 6.33. The van der Waals surface area contributed by atoms with Gasteiger partial charge in [0.1, 0.15) is 0 Å². The van der Waals surface area contributed by atoms with E-state index >= 15 is 0 Å². The minimum absolute atomic E-state index is 0.302. The van der Waals surface area contributed by atoms with Crippen LogP contribution in [0.15, 0.2) is 22.7 Å². The molecule has 1 aliphatic rings. The number of unbranched alkanes of at least 4 members (excludes halogenated alkanes) is 2. The zero-order valence-corrected chi connectivity index (χ0v) is 13.8. The van der Waals surface area contributed by atoms with Crippen LogP contribution < -0.4 is 10.2 Å². The first-order valence-corrected chi connectivity index (χ1v) is 8.34. The van der Waals surface area contributed by atoms with Gasteiger partial charge in [-0.15, -0.1) is 0 Å². The standard InChI is InChI=1S/C16H25BrN2O/c1-19(9-3-2-4-10-20)16-8-5-13(11-15(16)17)12-18-14-6-7-14/h5,8,11,14,18,20H,2-4,6-7,9-10,12H2,1H3. The van der Waals surface area contributed by atoms with Crippen molar-refractivity contribution in [1.29, 1.82) is 0 Å². The normalized spacial score (nSPS) is 14.6. The molecule has 2 rings (SSSR count). The number of aliphatic hydroxyl groups is 1. The van der Waals surface area contributed by atoms with E-state index in [4.69, 9.17) is 5.11 Å². The smallest absolute Gasteiger partial charge is 0.0508 e. The van der Waals surface area contributed by atoms with E-state index in [9.17, 15) is 0 Å². The molecule has 0 amide bonds. The first-order valence-electron chi connectivity index (χ1n) is 7.54. The molecule has 4 heteroatoms. The molecule has 3 nitrogen and oxygen atoms in total. The summed E-state index contributed by atoms with van der Waals surface area (Å²) in [4.78, 5) is 2.28. The highest BCUT2D eigenvalue weighted by molar-refractivity contribution is 9.10. The van der Waals surface area contributed by atoms with E-state index < -0.39 is 0 Å². The van der Waals surface area contributed by atoms with Crippen LogP contribution in [0.25, 0.3) is 0 Å². The Morgan fingerprint density at radius 1 is 1.30 bits per heavy atom. The molecule has 0 bridgehead atoms. The van der Waals surface area contributed by atoms with Crippen LogP contribution in [0.3, 0.4) is 0 Å². The molecule has 1 aromatic carbocycles. The van der Waals surface area contributed by atoms with E-state index in [1.54, 1.807) is 0 Å². The van der Waals surface area contributed by atoms with Gasteiger partial charge in [-0.3, -0.25) is 0 Å². The van der Waals surface area contributed by atoms with Crippen molar-refractivity contribution in [3.8, 4) is 0 Å². The number of nitrogens with zero attached hydrogens (tertiary/aromatic N) is 1. The molecular weight excluding hydrogens is 316 g/mol. The number of aliphatic hydroxyl groups excluding tert-OH is 1. The predicted octanol–water partition coefficient (Wildman–Crippen LogP) is 3.30. The molecule has 2 N–H and O–H groups in total. The third kappa shape index (κ3) is 5.08. The molecule has 0 radical (unpaired) electrons. The molecule has 0 spiro atoms. The maximum atomic E-state index is 8.79. The highest BCUT2D eigenvalue weighted by Gasteiger charge is 2.20. The maximum absolute atomic E-state index is 8.79. The molecule has 20 heavy (non-hydrogen) atoms. The summed E-state index contributed by atoms with van der Waals surface area (Å²) in [5.41, 5.74) is 2.57. The summed E-state index contributed by atoms with van der Waals surface area (Å²) in [5.74, 6) is 0. The Morgan fingerprint density at radius 3 is 2.75 bits per heavy atom. The van der Waals surface area contributed by atoms with Gasteiger partial charge in [-0.2, -0.15) is 0 Å². The number of halogens is 1. The van der Waals surface area contributed by atoms with E-state index in [0.29, 0.717) is 6.61 Å². The molecule has 0 aromatic heterocycles. The summed E-state index contributed by atoms with van der Waals surface area (Å²) in [7, 11) is 2.13. The van der Waals surface area contributed by atoms with Crippen molar-refractivity contribution >= 4 is 21.6 Å². The lowest BCUT2D eigenvalue weighted by molar-refractivity contribution is 0.283. The Balaban J connectivity index is 1.83. The Hall–Kier alpha value is -0.580. The largest absolute Gasteiger partial charge is 0.396 e. The molecular formula is C16H25BrN2O. The molecule has 112 valence electrons. The number of hydrogen-bond acceptors (Lipinski definition) is 3. The molecule has 0 saturated heterocycles. The topological polar surface area (TPSA) is 35.5 Å². The zero-order chi connectivity index (χ0) is 14.4. The number of rotatable bonds is 9. The van der Waals surface area contributed by atoms with Gasteiger partial charge < -0.3 is 15.3 Å². The summed E-state index contributed by atoms with van der Waals surface area (Å²) >= 11 is 3.68. The summed E-state index contributed by atoms with van der Waals surface area (Å²) in [5, 5.41) is 12.3. The third-order valence-corrected chi connectivity index (χ3v) is 4.38. The predicted molar refractivity (Wildman–Crippen MR) is 88.2 cm³/mol. The van der Waals surface area contributed by atoms with E-state index in [1.165, 1.54) is 24.1 Å². The summed E-state index contributed by atoms with van der Waals surface area (Å²) in [6.45, 7) is 2.29.